The maximum Gasteiger partial charge on any atom is 0.326 e. The van der Waals surface area contributed by atoms with Gasteiger partial charge in [0, 0.05) is 112 Å². The number of carboxylic acid groups (broad SMARTS) is 2. The predicted octanol–water partition coefficient (Wildman–Crippen LogP) is 5.15. The lowest BCUT2D eigenvalue weighted by atomic mass is 9.82. The number of Topliss-reactive ketones (excluding diaryl/α,β-unsaturated/α-hetero) is 2. The van der Waals surface area contributed by atoms with E-state index in [0.717, 1.165) is 40.4 Å². The number of amides is 8. The number of carboxylic acids is 2. The summed E-state index contributed by atoms with van der Waals surface area (Å²) >= 11 is 1.15. The van der Waals surface area contributed by atoms with Gasteiger partial charge in [0.25, 0.3) is 11.8 Å². The average molecular weight is 1210 g/mol. The van der Waals surface area contributed by atoms with Gasteiger partial charge in [0.2, 0.25) is 35.4 Å². The number of unbranched alkanes of at least 4 members (excludes halogenated alkanes) is 3. The normalized spacial score (nSPS) is 13.9. The van der Waals surface area contributed by atoms with E-state index >= 15 is 4.39 Å². The van der Waals surface area contributed by atoms with Crippen LogP contribution >= 0.6 is 11.8 Å². The molecule has 3 aromatic rings. The number of nitrogens with zero attached hydrogens (tertiary/aromatic N) is 3. The van der Waals surface area contributed by atoms with Crippen molar-refractivity contribution in [3.8, 4) is 11.1 Å². The van der Waals surface area contributed by atoms with Crippen LogP contribution in [0, 0.1) is 23.0 Å². The van der Waals surface area contributed by atoms with E-state index in [1.54, 1.807) is 17.2 Å². The van der Waals surface area contributed by atoms with Gasteiger partial charge in [0.1, 0.15) is 17.7 Å². The van der Waals surface area contributed by atoms with E-state index in [1.165, 1.54) is 26.0 Å². The topological polar surface area (TPSA) is 331 Å². The molecule has 0 saturated carbocycles. The molecule has 8 amide bonds. The minimum Gasteiger partial charge on any atom is -0.481 e. The van der Waals surface area contributed by atoms with Crippen LogP contribution in [0.25, 0.3) is 11.1 Å². The van der Waals surface area contributed by atoms with Gasteiger partial charge in [0.05, 0.1) is 30.3 Å². The van der Waals surface area contributed by atoms with Gasteiger partial charge in [-0.25, -0.2) is 13.6 Å². The molecule has 0 saturated heterocycles. The Morgan fingerprint density at radius 1 is 0.729 bits per heavy atom. The smallest absolute Gasteiger partial charge is 0.326 e. The molecule has 25 heteroatoms. The summed E-state index contributed by atoms with van der Waals surface area (Å²) in [5.41, 5.74) is 6.58. The highest BCUT2D eigenvalue weighted by Crippen LogP contribution is 2.41. The molecule has 0 aliphatic carbocycles. The Kier molecular flexibility index (Phi) is 27.8. The molecule has 22 nitrogen and oxygen atoms in total. The highest BCUT2D eigenvalue weighted by molar-refractivity contribution is 7.99. The Hall–Kier alpha value is -8.09. The van der Waals surface area contributed by atoms with E-state index in [0.29, 0.717) is 30.5 Å². The number of carbonyl (C=O) groups is 12. The molecule has 1 aliphatic rings. The van der Waals surface area contributed by atoms with Gasteiger partial charge in [-0.05, 0) is 74.3 Å². The number of ketones is 2. The number of nitrogens with one attached hydrogen (secondary N) is 4. The molecule has 1 aromatic heterocycles. The first-order valence-electron chi connectivity index (χ1n) is 28.2. The number of aliphatic carboxylic acids is 2. The lowest BCUT2D eigenvalue weighted by Crippen LogP contribution is -2.46. The fourth-order valence-electron chi connectivity index (χ4n) is 9.48. The molecule has 1 aliphatic heterocycles. The van der Waals surface area contributed by atoms with E-state index in [-0.39, 0.29) is 112 Å². The minimum atomic E-state index is -1.43. The third-order valence-electron chi connectivity index (χ3n) is 13.9. The SMILES string of the molecule is C[C@H](CC(=O)[C@H](C)NC(=O)CCCCCN1C(=O)C=CC1=O)C(=O)N[C@@H](CC(N)=O)C(=O)CCCCN(C(=O)CSCCC(=O)NCCC(=O)N[C@@H](CCC(=O)O)C(=O)O)[C@@H](c1cc(-c2cc(F)ccc2F)cn1Cc1ccccc1)C(C)(C)C. The Morgan fingerprint density at radius 2 is 1.40 bits per heavy atom. The number of benzene rings is 2. The number of thioether (sulfide) groups is 1. The van der Waals surface area contributed by atoms with E-state index in [1.807, 2.05) is 55.7 Å². The molecule has 5 atom stereocenters. The number of hydrogen-bond acceptors (Lipinski definition) is 13. The maximum absolute atomic E-state index is 15.5. The summed E-state index contributed by atoms with van der Waals surface area (Å²) < 4.78 is 32.0. The molecule has 0 unspecified atom stereocenters. The molecular weight excluding hydrogens is 1130 g/mol. The van der Waals surface area contributed by atoms with Crippen molar-refractivity contribution in [1.29, 1.82) is 0 Å². The number of carbonyl (C=O) groups excluding carboxylic acids is 10. The third kappa shape index (κ3) is 23.5. The zero-order chi connectivity index (χ0) is 63.0. The highest BCUT2D eigenvalue weighted by Gasteiger charge is 2.38. The number of hydrogen-bond donors (Lipinski definition) is 7. The van der Waals surface area contributed by atoms with Crippen LogP contribution in [0.5, 0.6) is 0 Å². The van der Waals surface area contributed by atoms with E-state index in [2.05, 4.69) is 21.3 Å². The van der Waals surface area contributed by atoms with Crippen molar-refractivity contribution in [1.82, 2.24) is 35.6 Å². The van der Waals surface area contributed by atoms with Crippen molar-refractivity contribution >= 4 is 82.5 Å². The first-order chi connectivity index (χ1) is 40.1. The van der Waals surface area contributed by atoms with Gasteiger partial charge in [-0.2, -0.15) is 11.8 Å². The van der Waals surface area contributed by atoms with Gasteiger partial charge in [-0.15, -0.1) is 0 Å². The quantitative estimate of drug-likeness (QED) is 0.0288. The van der Waals surface area contributed by atoms with Crippen molar-refractivity contribution in [2.45, 2.75) is 149 Å². The van der Waals surface area contributed by atoms with Crippen LogP contribution in [-0.2, 0) is 64.1 Å². The Morgan fingerprint density at radius 3 is 2.05 bits per heavy atom. The summed E-state index contributed by atoms with van der Waals surface area (Å²) in [6, 6.07) is 9.72. The van der Waals surface area contributed by atoms with Gasteiger partial charge in [-0.3, -0.25) is 57.6 Å². The molecular formula is C60H78F2N8O14S. The van der Waals surface area contributed by atoms with Crippen molar-refractivity contribution in [2.75, 3.05) is 31.1 Å². The van der Waals surface area contributed by atoms with Gasteiger partial charge in [-0.1, -0.05) is 64.4 Å². The molecule has 0 bridgehead atoms. The summed E-state index contributed by atoms with van der Waals surface area (Å²) in [4.78, 5) is 154. The van der Waals surface area contributed by atoms with Crippen LogP contribution in [0.3, 0.4) is 0 Å². The highest BCUT2D eigenvalue weighted by atomic mass is 32.2. The fraction of sp³-hybridized carbons (Fsp3) is 0.500. The molecule has 0 spiro atoms. The van der Waals surface area contributed by atoms with Crippen LogP contribution < -0.4 is 27.0 Å². The summed E-state index contributed by atoms with van der Waals surface area (Å²) in [5.74, 6) is -10.3. The molecule has 2 aromatic carbocycles. The number of halogens is 2. The van der Waals surface area contributed by atoms with E-state index in [4.69, 9.17) is 10.8 Å². The number of aromatic nitrogens is 1. The largest absolute Gasteiger partial charge is 0.481 e. The summed E-state index contributed by atoms with van der Waals surface area (Å²) in [6.07, 6.45) is 3.82. The summed E-state index contributed by atoms with van der Waals surface area (Å²) in [5, 5.41) is 28.2. The van der Waals surface area contributed by atoms with Gasteiger partial charge < -0.3 is 46.7 Å². The van der Waals surface area contributed by atoms with E-state index < -0.39 is 113 Å². The monoisotopic (exact) mass is 1200 g/mol. The Labute approximate surface area is 496 Å². The second kappa shape index (κ2) is 34.0. The zero-order valence-corrected chi connectivity index (χ0v) is 49.4. The number of rotatable bonds is 38. The molecule has 4 rings (SSSR count). The lowest BCUT2D eigenvalue weighted by Gasteiger charge is -2.41. The zero-order valence-electron chi connectivity index (χ0n) is 48.6. The fourth-order valence-corrected chi connectivity index (χ4v) is 10.3. The number of imide groups is 1. The second-order valence-electron chi connectivity index (χ2n) is 22.0. The standard InChI is InChI=1S/C60H78F2N8O14S/c1-37(30-48(72)38(2)65-51(75)17-10-7-12-27-69-53(77)21-22-54(69)78)58(82)67-45(33-49(63)73)47(71)16-11-13-28-70(55(79)36-85-29-25-50(74)64-26-24-52(76)66-44(59(83)84)20-23-56(80)81)57(60(3,4)5)46-31-40(42-32-41(61)18-19-43(42)62)35-68(46)34-39-14-8-6-9-15-39/h6,8-9,14-15,18-19,21-22,31-32,35,37-38,44-45,57H,7,10-13,16-17,20,23-30,33-34,36H2,1-5H3,(H2,63,73)(H,64,74)(H,65,75)(H,66,76)(H,67,82)(H,80,81)(H,83,84)/t37-,38+,44+,45+,57+/m1/s1. The van der Waals surface area contributed by atoms with Gasteiger partial charge in [0.15, 0.2) is 11.6 Å². The van der Waals surface area contributed by atoms with Crippen molar-refractivity contribution in [3.63, 3.8) is 0 Å². The maximum atomic E-state index is 15.5. The molecule has 0 fully saturated rings. The Balaban J connectivity index is 1.45. The van der Waals surface area contributed by atoms with Crippen molar-refractivity contribution < 1.29 is 76.5 Å². The van der Waals surface area contributed by atoms with Crippen LogP contribution in [0.1, 0.15) is 135 Å². The predicted molar refractivity (Wildman–Crippen MR) is 311 cm³/mol. The summed E-state index contributed by atoms with van der Waals surface area (Å²) in [7, 11) is 0. The summed E-state index contributed by atoms with van der Waals surface area (Å²) in [6.45, 7) is 9.08. The van der Waals surface area contributed by atoms with E-state index in [9.17, 15) is 67.0 Å². The minimum absolute atomic E-state index is 0.00342. The molecule has 462 valence electrons. The van der Waals surface area contributed by atoms with Crippen molar-refractivity contribution in [2.24, 2.45) is 17.1 Å². The molecule has 0 radical (unpaired) electrons. The van der Waals surface area contributed by atoms with Crippen LogP contribution in [-0.4, -0.2) is 145 Å². The first-order valence-corrected chi connectivity index (χ1v) is 29.3. The molecule has 8 N–H and O–H groups in total. The van der Waals surface area contributed by atoms with Crippen LogP contribution in [0.2, 0.25) is 0 Å². The van der Waals surface area contributed by atoms with Crippen LogP contribution in [0.4, 0.5) is 8.78 Å². The lowest BCUT2D eigenvalue weighted by molar-refractivity contribution is -0.143. The first kappa shape index (κ1) is 69.4. The van der Waals surface area contributed by atoms with Crippen molar-refractivity contribution in [3.05, 3.63) is 95.8 Å². The Bertz CT molecular complexity index is 2910. The number of primary amides is 1. The van der Waals surface area contributed by atoms with Gasteiger partial charge >= 0.3 is 11.9 Å². The third-order valence-corrected chi connectivity index (χ3v) is 14.9. The number of nitrogens with two attached hydrogens (primary N) is 1. The molecule has 85 heavy (non-hydrogen) atoms. The molecule has 2 heterocycles. The van der Waals surface area contributed by atoms with Crippen LogP contribution in [0.15, 0.2) is 72.9 Å². The average Bonchev–Trinajstić information content (AvgIpc) is 2.76. The second-order valence-corrected chi connectivity index (χ2v) is 23.1.